The van der Waals surface area contributed by atoms with Gasteiger partial charge in [-0.3, -0.25) is 0 Å². The highest BCUT2D eigenvalue weighted by Gasteiger charge is 1.87. The minimum Gasteiger partial charge on any atom is -0.308 e. The second-order valence-electron chi connectivity index (χ2n) is 1.73. The fourth-order valence-electron chi connectivity index (χ4n) is 0.588. The summed E-state index contributed by atoms with van der Waals surface area (Å²) in [6, 6.07) is 7.19. The monoisotopic (exact) mass is 176 g/mol. The largest absolute Gasteiger partial charge is 0.308 e. The predicted molar refractivity (Wildman–Crippen MR) is 44.1 cm³/mol. The van der Waals surface area contributed by atoms with E-state index in [1.54, 1.807) is 12.1 Å². The molecule has 0 saturated heterocycles. The maximum Gasteiger partial charge on any atom is 0.0501 e. The number of nitrogens with one attached hydrogen (secondary N) is 2. The zero-order valence-electron chi connectivity index (χ0n) is 5.07. The first kappa shape index (κ1) is 7.66. The molecule has 0 heterocycles. The van der Waals surface area contributed by atoms with E-state index in [0.29, 0.717) is 5.02 Å². The lowest BCUT2D eigenvalue weighted by atomic mass is 10.3. The summed E-state index contributed by atoms with van der Waals surface area (Å²) in [7, 11) is 0. The molecule has 0 aliphatic carbocycles. The molecule has 0 amide bonds. The Kier molecular flexibility index (Phi) is 2.81. The van der Waals surface area contributed by atoms with Crippen LogP contribution in [0.4, 0.5) is 5.69 Å². The minimum absolute atomic E-state index is 0.708. The van der Waals surface area contributed by atoms with E-state index in [9.17, 15) is 0 Å². The van der Waals surface area contributed by atoms with E-state index >= 15 is 0 Å². The number of rotatable bonds is 2. The van der Waals surface area contributed by atoms with Crippen LogP contribution in [0.5, 0.6) is 0 Å². The van der Waals surface area contributed by atoms with Crippen LogP contribution in [-0.4, -0.2) is 0 Å². The van der Waals surface area contributed by atoms with E-state index in [1.165, 1.54) is 0 Å². The molecule has 0 bridgehead atoms. The summed E-state index contributed by atoms with van der Waals surface area (Å²) in [4.78, 5) is 2.28. The van der Waals surface area contributed by atoms with Gasteiger partial charge in [-0.25, -0.2) is 0 Å². The fourth-order valence-corrected chi connectivity index (χ4v) is 0.823. The van der Waals surface area contributed by atoms with Crippen LogP contribution in [0.3, 0.4) is 0 Å². The van der Waals surface area contributed by atoms with Crippen molar-refractivity contribution in [2.75, 3.05) is 5.43 Å². The Morgan fingerprint density at radius 1 is 1.10 bits per heavy atom. The van der Waals surface area contributed by atoms with E-state index in [1.807, 2.05) is 12.1 Å². The molecule has 0 fully saturated rings. The maximum absolute atomic E-state index is 5.63. The Morgan fingerprint density at radius 2 is 1.70 bits per heavy atom. The highest BCUT2D eigenvalue weighted by atomic mass is 35.5. The first-order valence-corrected chi connectivity index (χ1v) is 3.46. The third-order valence-electron chi connectivity index (χ3n) is 1.04. The van der Waals surface area contributed by atoms with Crippen molar-refractivity contribution >= 4 is 29.1 Å². The van der Waals surface area contributed by atoms with Crippen LogP contribution < -0.4 is 10.4 Å². The van der Waals surface area contributed by atoms with Gasteiger partial charge in [-0.2, -0.15) is 0 Å². The number of halogens is 2. The topological polar surface area (TPSA) is 24.1 Å². The highest BCUT2D eigenvalue weighted by molar-refractivity contribution is 6.30. The Balaban J connectivity index is 2.69. The first-order chi connectivity index (χ1) is 4.83. The van der Waals surface area contributed by atoms with E-state index < -0.39 is 0 Å². The summed E-state index contributed by atoms with van der Waals surface area (Å²) in [5.74, 6) is 0. The van der Waals surface area contributed by atoms with Crippen LogP contribution >= 0.6 is 23.4 Å². The molecule has 0 unspecified atom stereocenters. The van der Waals surface area contributed by atoms with Crippen LogP contribution in [-0.2, 0) is 0 Å². The molecule has 1 rings (SSSR count). The van der Waals surface area contributed by atoms with Gasteiger partial charge in [0.2, 0.25) is 0 Å². The molecule has 54 valence electrons. The molecule has 0 aromatic heterocycles. The lowest BCUT2D eigenvalue weighted by Crippen LogP contribution is -2.07. The zero-order valence-corrected chi connectivity index (χ0v) is 6.58. The third-order valence-corrected chi connectivity index (χ3v) is 1.38. The van der Waals surface area contributed by atoms with Crippen molar-refractivity contribution in [1.82, 2.24) is 4.94 Å². The van der Waals surface area contributed by atoms with E-state index in [4.69, 9.17) is 23.4 Å². The quantitative estimate of drug-likeness (QED) is 0.535. The lowest BCUT2D eigenvalue weighted by Gasteiger charge is -2.00. The fraction of sp³-hybridized carbons (Fsp3) is 0. The van der Waals surface area contributed by atoms with Crippen LogP contribution in [0.2, 0.25) is 5.02 Å². The predicted octanol–water partition coefficient (Wildman–Crippen LogP) is 2.41. The van der Waals surface area contributed by atoms with E-state index in [-0.39, 0.29) is 0 Å². The summed E-state index contributed by atoms with van der Waals surface area (Å²) in [6.45, 7) is 0. The molecule has 0 aliphatic heterocycles. The van der Waals surface area contributed by atoms with Gasteiger partial charge in [0, 0.05) is 5.02 Å². The number of hydrogen-bond donors (Lipinski definition) is 2. The van der Waals surface area contributed by atoms with Crippen LogP contribution in [0, 0.1) is 0 Å². The average molecular weight is 177 g/mol. The summed E-state index contributed by atoms with van der Waals surface area (Å²) < 4.78 is 0. The van der Waals surface area contributed by atoms with Crippen LogP contribution in [0.1, 0.15) is 0 Å². The van der Waals surface area contributed by atoms with Crippen molar-refractivity contribution in [3.05, 3.63) is 29.3 Å². The summed E-state index contributed by atoms with van der Waals surface area (Å²) in [5.41, 5.74) is 3.57. The molecule has 1 aromatic rings. The lowest BCUT2D eigenvalue weighted by molar-refractivity contribution is 1.20. The third kappa shape index (κ3) is 2.06. The number of hydrazine groups is 1. The zero-order chi connectivity index (χ0) is 7.40. The summed E-state index contributed by atoms with van der Waals surface area (Å²) >= 11 is 10.8. The molecule has 0 saturated carbocycles. The smallest absolute Gasteiger partial charge is 0.0501 e. The van der Waals surface area contributed by atoms with Crippen molar-refractivity contribution < 1.29 is 0 Å². The van der Waals surface area contributed by atoms with Crippen LogP contribution in [0.25, 0.3) is 0 Å². The molecule has 2 N–H and O–H groups in total. The summed E-state index contributed by atoms with van der Waals surface area (Å²) in [6.07, 6.45) is 0. The number of hydrogen-bond acceptors (Lipinski definition) is 2. The molecule has 2 nitrogen and oxygen atoms in total. The molecule has 0 aliphatic rings. The molecule has 4 heteroatoms. The second kappa shape index (κ2) is 3.66. The van der Waals surface area contributed by atoms with Gasteiger partial charge in [0.05, 0.1) is 5.69 Å². The van der Waals surface area contributed by atoms with Crippen molar-refractivity contribution in [3.63, 3.8) is 0 Å². The molecule has 0 radical (unpaired) electrons. The average Bonchev–Trinajstić information content (AvgIpc) is 1.95. The summed E-state index contributed by atoms with van der Waals surface area (Å²) in [5, 5.41) is 0.708. The van der Waals surface area contributed by atoms with Gasteiger partial charge in [-0.1, -0.05) is 11.6 Å². The van der Waals surface area contributed by atoms with Crippen molar-refractivity contribution in [2.24, 2.45) is 0 Å². The number of benzene rings is 1. The van der Waals surface area contributed by atoms with Gasteiger partial charge in [-0.15, -0.1) is 4.94 Å². The van der Waals surface area contributed by atoms with Crippen molar-refractivity contribution in [3.8, 4) is 0 Å². The second-order valence-corrected chi connectivity index (χ2v) is 2.35. The molecule has 10 heavy (non-hydrogen) atoms. The Hall–Kier alpha value is -0.440. The first-order valence-electron chi connectivity index (χ1n) is 2.70. The van der Waals surface area contributed by atoms with Gasteiger partial charge >= 0.3 is 0 Å². The van der Waals surface area contributed by atoms with Gasteiger partial charge in [0.25, 0.3) is 0 Å². The molecule has 0 atom stereocenters. The number of anilines is 1. The molecular formula is C6H6Cl2N2. The highest BCUT2D eigenvalue weighted by Crippen LogP contribution is 2.12. The minimum atomic E-state index is 0.708. The molecule has 0 spiro atoms. The maximum atomic E-state index is 5.63. The van der Waals surface area contributed by atoms with E-state index in [2.05, 4.69) is 10.4 Å². The Labute approximate surface area is 69.2 Å². The standard InChI is InChI=1S/C6H6Cl2N2/c7-5-1-3-6(4-2-5)9-10-8/h1-4,9-10H. The SMILES string of the molecule is ClNNc1ccc(Cl)cc1. The normalized spacial score (nSPS) is 9.40. The van der Waals surface area contributed by atoms with Gasteiger partial charge in [0.1, 0.15) is 0 Å². The van der Waals surface area contributed by atoms with Crippen molar-refractivity contribution in [2.45, 2.75) is 0 Å². The van der Waals surface area contributed by atoms with Gasteiger partial charge < -0.3 is 5.43 Å². The molecular weight excluding hydrogens is 171 g/mol. The Bertz CT molecular complexity index is 197. The van der Waals surface area contributed by atoms with Gasteiger partial charge in [-0.05, 0) is 36.0 Å². The molecule has 1 aromatic carbocycles. The van der Waals surface area contributed by atoms with E-state index in [0.717, 1.165) is 5.69 Å². The van der Waals surface area contributed by atoms with Crippen LogP contribution in [0.15, 0.2) is 24.3 Å². The Morgan fingerprint density at radius 3 is 2.20 bits per heavy atom. The van der Waals surface area contributed by atoms with Crippen molar-refractivity contribution in [1.29, 1.82) is 0 Å². The van der Waals surface area contributed by atoms with Gasteiger partial charge in [0.15, 0.2) is 0 Å².